The van der Waals surface area contributed by atoms with Gasteiger partial charge in [0.1, 0.15) is 6.61 Å². The van der Waals surface area contributed by atoms with Crippen LogP contribution in [0, 0.1) is 11.8 Å². The van der Waals surface area contributed by atoms with Crippen molar-refractivity contribution in [2.45, 2.75) is 52.6 Å². The maximum atomic E-state index is 11.7. The average molecular weight is 198 g/mol. The van der Waals surface area contributed by atoms with Gasteiger partial charge in [-0.05, 0) is 32.6 Å². The molecule has 0 heterocycles. The number of carbonyl (C=O) groups excluding carboxylic acids is 1. The molecule has 0 spiro atoms. The Morgan fingerprint density at radius 3 is 2.36 bits per heavy atom. The van der Waals surface area contributed by atoms with Gasteiger partial charge < -0.3 is 4.74 Å². The molecule has 0 aromatic rings. The minimum absolute atomic E-state index is 0.168. The van der Waals surface area contributed by atoms with Crippen LogP contribution < -0.4 is 0 Å². The molecule has 1 saturated carbocycles. The Labute approximate surface area is 87.0 Å². The summed E-state index contributed by atoms with van der Waals surface area (Å²) in [5.74, 6) is 1.40. The lowest BCUT2D eigenvalue weighted by molar-refractivity contribution is -0.130. The third kappa shape index (κ3) is 3.79. The zero-order valence-electron chi connectivity index (χ0n) is 9.58. The fourth-order valence-electron chi connectivity index (χ4n) is 1.95. The molecule has 0 aliphatic heterocycles. The topological polar surface area (TPSA) is 26.3 Å². The van der Waals surface area contributed by atoms with Crippen LogP contribution in [0.1, 0.15) is 46.5 Å². The first-order valence-electron chi connectivity index (χ1n) is 5.74. The van der Waals surface area contributed by atoms with Crippen LogP contribution >= 0.6 is 0 Å². The molecule has 1 rings (SSSR count). The molecule has 2 heteroatoms. The molecule has 0 amide bonds. The van der Waals surface area contributed by atoms with Crippen molar-refractivity contribution in [1.29, 1.82) is 0 Å². The third-order valence-electron chi connectivity index (χ3n) is 3.03. The quantitative estimate of drug-likeness (QED) is 0.694. The van der Waals surface area contributed by atoms with Crippen molar-refractivity contribution in [2.75, 3.05) is 6.61 Å². The van der Waals surface area contributed by atoms with Gasteiger partial charge in [-0.1, -0.05) is 19.8 Å². The molecule has 0 aromatic carbocycles. The molecule has 1 fully saturated rings. The molecule has 0 unspecified atom stereocenters. The minimum atomic E-state index is 0.168. The number of ether oxygens (including phenoxy) is 1. The molecule has 1 aliphatic rings. The molecule has 2 nitrogen and oxygen atoms in total. The molecular weight excluding hydrogens is 176 g/mol. The van der Waals surface area contributed by atoms with E-state index in [2.05, 4.69) is 6.92 Å². The molecule has 82 valence electrons. The highest BCUT2D eigenvalue weighted by Crippen LogP contribution is 2.28. The van der Waals surface area contributed by atoms with Gasteiger partial charge in [0, 0.05) is 5.92 Å². The standard InChI is InChI=1S/C12H22O2/c1-9(2)14-8-12(13)11-6-4-10(3)5-7-11/h9-11H,4-8H2,1-3H3. The molecule has 0 radical (unpaired) electrons. The molecule has 14 heavy (non-hydrogen) atoms. The van der Waals surface area contributed by atoms with E-state index in [9.17, 15) is 4.79 Å². The van der Waals surface area contributed by atoms with Gasteiger partial charge in [0.2, 0.25) is 0 Å². The van der Waals surface area contributed by atoms with Crippen LogP contribution in [-0.4, -0.2) is 18.5 Å². The summed E-state index contributed by atoms with van der Waals surface area (Å²) >= 11 is 0. The van der Waals surface area contributed by atoms with Gasteiger partial charge in [0.15, 0.2) is 5.78 Å². The van der Waals surface area contributed by atoms with Gasteiger partial charge >= 0.3 is 0 Å². The SMILES string of the molecule is CC1CCC(C(=O)COC(C)C)CC1. The summed E-state index contributed by atoms with van der Waals surface area (Å²) in [5, 5.41) is 0. The first kappa shape index (κ1) is 11.7. The van der Waals surface area contributed by atoms with E-state index in [1.54, 1.807) is 0 Å². The average Bonchev–Trinajstić information content (AvgIpc) is 2.15. The van der Waals surface area contributed by atoms with Gasteiger partial charge in [-0.15, -0.1) is 0 Å². The van der Waals surface area contributed by atoms with Gasteiger partial charge in [-0.2, -0.15) is 0 Å². The number of ketones is 1. The Morgan fingerprint density at radius 2 is 1.86 bits per heavy atom. The lowest BCUT2D eigenvalue weighted by Gasteiger charge is -2.25. The second kappa shape index (κ2) is 5.50. The smallest absolute Gasteiger partial charge is 0.161 e. The number of hydrogen-bond acceptors (Lipinski definition) is 2. The van der Waals surface area contributed by atoms with E-state index < -0.39 is 0 Å². The normalized spacial score (nSPS) is 28.0. The number of hydrogen-bond donors (Lipinski definition) is 0. The van der Waals surface area contributed by atoms with E-state index in [-0.39, 0.29) is 12.0 Å². The van der Waals surface area contributed by atoms with E-state index in [4.69, 9.17) is 4.74 Å². The lowest BCUT2D eigenvalue weighted by atomic mass is 9.81. The Kier molecular flexibility index (Phi) is 4.59. The van der Waals surface area contributed by atoms with Crippen molar-refractivity contribution < 1.29 is 9.53 Å². The Bertz CT molecular complexity index is 179. The van der Waals surface area contributed by atoms with Gasteiger partial charge in [-0.25, -0.2) is 0 Å². The van der Waals surface area contributed by atoms with Crippen molar-refractivity contribution in [3.8, 4) is 0 Å². The van der Waals surface area contributed by atoms with Gasteiger partial charge in [0.05, 0.1) is 6.10 Å². The van der Waals surface area contributed by atoms with E-state index >= 15 is 0 Å². The van der Waals surface area contributed by atoms with Crippen molar-refractivity contribution in [1.82, 2.24) is 0 Å². The summed E-state index contributed by atoms with van der Waals surface area (Å²) in [4.78, 5) is 11.7. The molecular formula is C12H22O2. The van der Waals surface area contributed by atoms with Crippen molar-refractivity contribution in [3.63, 3.8) is 0 Å². The highest BCUT2D eigenvalue weighted by Gasteiger charge is 2.24. The van der Waals surface area contributed by atoms with E-state index in [1.165, 1.54) is 12.8 Å². The fraction of sp³-hybridized carbons (Fsp3) is 0.917. The third-order valence-corrected chi connectivity index (χ3v) is 3.03. The van der Waals surface area contributed by atoms with Gasteiger partial charge in [0.25, 0.3) is 0 Å². The first-order chi connectivity index (χ1) is 6.59. The summed E-state index contributed by atoms with van der Waals surface area (Å²) in [5.41, 5.74) is 0. The summed E-state index contributed by atoms with van der Waals surface area (Å²) in [6.07, 6.45) is 4.72. The number of carbonyl (C=O) groups is 1. The lowest BCUT2D eigenvalue weighted by Crippen LogP contribution is -2.25. The van der Waals surface area contributed by atoms with Crippen LogP contribution in [0.2, 0.25) is 0 Å². The second-order valence-electron chi connectivity index (χ2n) is 4.78. The Hall–Kier alpha value is -0.370. The van der Waals surface area contributed by atoms with Crippen LogP contribution in [-0.2, 0) is 9.53 Å². The van der Waals surface area contributed by atoms with Crippen LogP contribution in [0.15, 0.2) is 0 Å². The molecule has 1 aliphatic carbocycles. The molecule has 0 N–H and O–H groups in total. The van der Waals surface area contributed by atoms with E-state index in [1.807, 2.05) is 13.8 Å². The second-order valence-corrected chi connectivity index (χ2v) is 4.78. The number of Topliss-reactive ketones (excluding diaryl/α,β-unsaturated/α-hetero) is 1. The summed E-state index contributed by atoms with van der Waals surface area (Å²) < 4.78 is 5.33. The Morgan fingerprint density at radius 1 is 1.29 bits per heavy atom. The maximum Gasteiger partial charge on any atom is 0.161 e. The molecule has 0 aromatic heterocycles. The molecule has 0 saturated heterocycles. The van der Waals surface area contributed by atoms with Gasteiger partial charge in [-0.3, -0.25) is 4.79 Å². The number of rotatable bonds is 4. The predicted octanol–water partition coefficient (Wildman–Crippen LogP) is 2.81. The summed E-state index contributed by atoms with van der Waals surface area (Å²) in [6.45, 7) is 6.52. The van der Waals surface area contributed by atoms with Crippen molar-refractivity contribution in [3.05, 3.63) is 0 Å². The minimum Gasteiger partial charge on any atom is -0.371 e. The van der Waals surface area contributed by atoms with E-state index in [0.29, 0.717) is 12.4 Å². The highest BCUT2D eigenvalue weighted by atomic mass is 16.5. The Balaban J connectivity index is 2.24. The highest BCUT2D eigenvalue weighted by molar-refractivity contribution is 5.82. The van der Waals surface area contributed by atoms with Crippen LogP contribution in [0.5, 0.6) is 0 Å². The van der Waals surface area contributed by atoms with Crippen LogP contribution in [0.4, 0.5) is 0 Å². The van der Waals surface area contributed by atoms with Crippen molar-refractivity contribution in [2.24, 2.45) is 11.8 Å². The van der Waals surface area contributed by atoms with Crippen molar-refractivity contribution >= 4 is 5.78 Å². The van der Waals surface area contributed by atoms with E-state index in [0.717, 1.165) is 18.8 Å². The summed E-state index contributed by atoms with van der Waals surface area (Å²) in [7, 11) is 0. The monoisotopic (exact) mass is 198 g/mol. The fourth-order valence-corrected chi connectivity index (χ4v) is 1.95. The maximum absolute atomic E-state index is 11.7. The van der Waals surface area contributed by atoms with Crippen LogP contribution in [0.25, 0.3) is 0 Å². The predicted molar refractivity (Wildman–Crippen MR) is 57.2 cm³/mol. The zero-order valence-corrected chi connectivity index (χ0v) is 9.58. The zero-order chi connectivity index (χ0) is 10.6. The largest absolute Gasteiger partial charge is 0.371 e. The molecule has 0 atom stereocenters. The van der Waals surface area contributed by atoms with Crippen LogP contribution in [0.3, 0.4) is 0 Å². The summed E-state index contributed by atoms with van der Waals surface area (Å²) in [6, 6.07) is 0. The molecule has 0 bridgehead atoms. The first-order valence-corrected chi connectivity index (χ1v) is 5.74.